The first kappa shape index (κ1) is 29.0. The van der Waals surface area contributed by atoms with Gasteiger partial charge in [0.25, 0.3) is 5.91 Å². The van der Waals surface area contributed by atoms with Crippen LogP contribution in [0.25, 0.3) is 0 Å². The van der Waals surface area contributed by atoms with Crippen LogP contribution < -0.4 is 19.9 Å². The van der Waals surface area contributed by atoms with Gasteiger partial charge in [0, 0.05) is 44.0 Å². The lowest BCUT2D eigenvalue weighted by Gasteiger charge is -2.29. The van der Waals surface area contributed by atoms with E-state index in [0.717, 1.165) is 38.2 Å². The summed E-state index contributed by atoms with van der Waals surface area (Å²) in [7, 11) is 3.27. The maximum atomic E-state index is 13.1. The molecule has 35 heavy (non-hydrogen) atoms. The van der Waals surface area contributed by atoms with E-state index in [2.05, 4.69) is 31.3 Å². The van der Waals surface area contributed by atoms with Crippen LogP contribution in [-0.4, -0.2) is 63.9 Å². The number of rotatable bonds is 12. The number of hydrogen-bond acceptors (Lipinski definition) is 7. The molecule has 2 aromatic rings. The molecule has 1 amide bonds. The lowest BCUT2D eigenvalue weighted by atomic mass is 10.1. The van der Waals surface area contributed by atoms with Gasteiger partial charge in [0.2, 0.25) is 0 Å². The molecule has 1 atom stereocenters. The highest BCUT2D eigenvalue weighted by atomic mass is 32.2. The number of methoxy groups -OCH3 is 2. The first-order valence-corrected chi connectivity index (χ1v) is 13.2. The number of ether oxygens (including phenoxy) is 3. The minimum atomic E-state index is 0.0382. The molecule has 1 heterocycles. The Labute approximate surface area is 214 Å². The molecule has 0 radical (unpaired) electrons. The number of nitrogens with two attached hydrogens (primary N) is 1. The van der Waals surface area contributed by atoms with Gasteiger partial charge in [-0.3, -0.25) is 9.93 Å². The average Bonchev–Trinajstić information content (AvgIpc) is 3.39. The highest BCUT2D eigenvalue weighted by Crippen LogP contribution is 2.29. The smallest absolute Gasteiger partial charge is 0.254 e. The van der Waals surface area contributed by atoms with E-state index in [9.17, 15) is 4.79 Å². The summed E-state index contributed by atoms with van der Waals surface area (Å²) in [6.07, 6.45) is 1.90. The second-order valence-corrected chi connectivity index (χ2v) is 9.39. The van der Waals surface area contributed by atoms with Crippen molar-refractivity contribution in [2.75, 3.05) is 47.1 Å². The summed E-state index contributed by atoms with van der Waals surface area (Å²) in [5, 5.41) is 8.65. The minimum Gasteiger partial charge on any atom is -0.493 e. The first-order chi connectivity index (χ1) is 17.0. The van der Waals surface area contributed by atoms with Crippen LogP contribution in [0.15, 0.2) is 48.5 Å². The fraction of sp³-hybridized carbons (Fsp3) is 0.519. The third-order valence-electron chi connectivity index (χ3n) is 5.76. The van der Waals surface area contributed by atoms with Gasteiger partial charge in [-0.05, 0) is 63.0 Å². The number of carbonyl (C=O) groups is 1. The van der Waals surface area contributed by atoms with Crippen molar-refractivity contribution in [2.45, 2.75) is 38.5 Å². The Hall–Kier alpha value is -2.26. The van der Waals surface area contributed by atoms with Gasteiger partial charge >= 0.3 is 0 Å². The number of nitrogens with one attached hydrogen (secondary N) is 1. The van der Waals surface area contributed by atoms with Crippen molar-refractivity contribution in [3.05, 3.63) is 59.7 Å². The quantitative estimate of drug-likeness (QED) is 0.329. The van der Waals surface area contributed by atoms with Gasteiger partial charge in [-0.25, -0.2) is 0 Å². The first-order valence-electron chi connectivity index (χ1n) is 12.2. The van der Waals surface area contributed by atoms with Gasteiger partial charge in [-0.2, -0.15) is 0 Å². The van der Waals surface area contributed by atoms with Crippen molar-refractivity contribution in [3.8, 4) is 11.5 Å². The van der Waals surface area contributed by atoms with Crippen molar-refractivity contribution < 1.29 is 19.0 Å². The molecule has 1 fully saturated rings. The summed E-state index contributed by atoms with van der Waals surface area (Å²) in [6.45, 7) is 8.07. The zero-order valence-electron chi connectivity index (χ0n) is 21.5. The summed E-state index contributed by atoms with van der Waals surface area (Å²) < 4.78 is 16.2. The van der Waals surface area contributed by atoms with E-state index < -0.39 is 0 Å². The van der Waals surface area contributed by atoms with E-state index in [1.807, 2.05) is 29.2 Å². The maximum absolute atomic E-state index is 13.1. The molecule has 0 spiro atoms. The summed E-state index contributed by atoms with van der Waals surface area (Å²) in [5.74, 6) is 2.69. The van der Waals surface area contributed by atoms with E-state index >= 15 is 0 Å². The van der Waals surface area contributed by atoms with Gasteiger partial charge in [0.1, 0.15) is 0 Å². The normalized spacial score (nSPS) is 14.9. The van der Waals surface area contributed by atoms with Gasteiger partial charge in [-0.1, -0.05) is 42.3 Å². The number of benzene rings is 2. The Balaban J connectivity index is 0.000000402. The molecule has 1 aliphatic heterocycles. The topological polar surface area (TPSA) is 86.0 Å². The van der Waals surface area contributed by atoms with Crippen LogP contribution in [-0.2, 0) is 10.5 Å². The number of carbonyl (C=O) groups excluding carboxylic acids is 1. The maximum Gasteiger partial charge on any atom is 0.254 e. The third kappa shape index (κ3) is 10.1. The van der Waals surface area contributed by atoms with E-state index in [0.29, 0.717) is 36.2 Å². The molecule has 194 valence electrons. The Bertz CT molecular complexity index is 861. The molecule has 0 bridgehead atoms. The van der Waals surface area contributed by atoms with Crippen molar-refractivity contribution >= 4 is 17.9 Å². The van der Waals surface area contributed by atoms with Crippen LogP contribution in [0.1, 0.15) is 42.6 Å². The van der Waals surface area contributed by atoms with Crippen LogP contribution in [0, 0.1) is 5.92 Å². The van der Waals surface area contributed by atoms with Crippen LogP contribution in [0.4, 0.5) is 0 Å². The van der Waals surface area contributed by atoms with Gasteiger partial charge in [0.15, 0.2) is 11.5 Å². The summed E-state index contributed by atoms with van der Waals surface area (Å²) >= 11 is 1.35. The van der Waals surface area contributed by atoms with Gasteiger partial charge in [0.05, 0.1) is 13.7 Å². The monoisotopic (exact) mass is 503 g/mol. The molecule has 3 N–H and O–H groups in total. The molecular weight excluding hydrogens is 462 g/mol. The summed E-state index contributed by atoms with van der Waals surface area (Å²) in [6, 6.07) is 15.7. The highest BCUT2D eigenvalue weighted by molar-refractivity contribution is 7.96. The predicted octanol–water partition coefficient (Wildman–Crippen LogP) is 4.36. The molecule has 7 nitrogen and oxygen atoms in total. The van der Waals surface area contributed by atoms with Gasteiger partial charge < -0.3 is 24.4 Å². The van der Waals surface area contributed by atoms with Crippen LogP contribution >= 0.6 is 11.9 Å². The van der Waals surface area contributed by atoms with Crippen LogP contribution in [0.3, 0.4) is 0 Å². The standard InChI is InChI=1S/C20H32N2O4.C7H9NS/c1-15(2)22(14-16-8-9-21-13-16)20(23)17-6-7-18(25-4)19(12-17)26-11-5-10-24-3;8-9-6-7-4-2-1-3-5-7/h6-7,12,15-16,21H,5,8-11,13-14H2,1-4H3;1-5H,6,8H2. The molecule has 8 heteroatoms. The van der Waals surface area contributed by atoms with E-state index in [-0.39, 0.29) is 11.9 Å². The average molecular weight is 504 g/mol. The van der Waals surface area contributed by atoms with Gasteiger partial charge in [-0.15, -0.1) is 0 Å². The molecular formula is C27H41N3O4S. The molecule has 2 aromatic carbocycles. The Morgan fingerprint density at radius 1 is 1.14 bits per heavy atom. The second-order valence-electron chi connectivity index (χ2n) is 8.77. The Morgan fingerprint density at radius 2 is 1.91 bits per heavy atom. The van der Waals surface area contributed by atoms with E-state index in [1.54, 1.807) is 26.4 Å². The Morgan fingerprint density at radius 3 is 2.51 bits per heavy atom. The molecule has 0 saturated carbocycles. The molecule has 1 unspecified atom stereocenters. The third-order valence-corrected chi connectivity index (χ3v) is 6.26. The lowest BCUT2D eigenvalue weighted by molar-refractivity contribution is 0.0676. The lowest BCUT2D eigenvalue weighted by Crippen LogP contribution is -2.40. The zero-order chi connectivity index (χ0) is 25.5. The highest BCUT2D eigenvalue weighted by Gasteiger charge is 2.25. The number of amides is 1. The van der Waals surface area contributed by atoms with Crippen molar-refractivity contribution in [1.82, 2.24) is 10.2 Å². The SMILES string of the molecule is COCCCOc1cc(C(=O)N(CC2CCNC2)C(C)C)ccc1OC.NSCc1ccccc1. The van der Waals surface area contributed by atoms with Crippen molar-refractivity contribution in [2.24, 2.45) is 11.1 Å². The largest absolute Gasteiger partial charge is 0.493 e. The molecule has 0 aliphatic carbocycles. The van der Waals surface area contributed by atoms with Crippen LogP contribution in [0.2, 0.25) is 0 Å². The number of nitrogens with zero attached hydrogens (tertiary/aromatic N) is 1. The van der Waals surface area contributed by atoms with E-state index in [1.165, 1.54) is 17.5 Å². The van der Waals surface area contributed by atoms with E-state index in [4.69, 9.17) is 19.3 Å². The Kier molecular flexibility index (Phi) is 13.6. The zero-order valence-corrected chi connectivity index (χ0v) is 22.3. The number of hydrogen-bond donors (Lipinski definition) is 2. The molecule has 3 rings (SSSR count). The minimum absolute atomic E-state index is 0.0382. The predicted molar refractivity (Wildman–Crippen MR) is 144 cm³/mol. The fourth-order valence-corrected chi connectivity index (χ4v) is 4.21. The molecule has 0 aromatic heterocycles. The van der Waals surface area contributed by atoms with Crippen molar-refractivity contribution in [1.29, 1.82) is 0 Å². The second kappa shape index (κ2) is 16.4. The summed E-state index contributed by atoms with van der Waals surface area (Å²) in [5.41, 5.74) is 1.91. The fourth-order valence-electron chi connectivity index (χ4n) is 3.82. The van der Waals surface area contributed by atoms with Crippen molar-refractivity contribution in [3.63, 3.8) is 0 Å². The van der Waals surface area contributed by atoms with Crippen LogP contribution in [0.5, 0.6) is 11.5 Å². The molecule has 1 saturated heterocycles. The molecule has 1 aliphatic rings. The summed E-state index contributed by atoms with van der Waals surface area (Å²) in [4.78, 5) is 15.0.